The van der Waals surface area contributed by atoms with E-state index in [0.717, 1.165) is 16.4 Å². The summed E-state index contributed by atoms with van der Waals surface area (Å²) < 4.78 is 18.4. The predicted octanol–water partition coefficient (Wildman–Crippen LogP) is 4.55. The van der Waals surface area contributed by atoms with Crippen LogP contribution in [0.5, 0.6) is 11.5 Å². The maximum Gasteiger partial charge on any atom is 0.336 e. The molecule has 2 aromatic rings. The first-order valence-electron chi connectivity index (χ1n) is 8.94. The summed E-state index contributed by atoms with van der Waals surface area (Å²) in [5.41, 5.74) is 1.03. The Hall–Kier alpha value is -1.57. The van der Waals surface area contributed by atoms with E-state index in [4.69, 9.17) is 13.9 Å². The first kappa shape index (κ1) is 19.2. The zero-order chi connectivity index (χ0) is 19.0. The van der Waals surface area contributed by atoms with E-state index in [1.807, 2.05) is 27.7 Å². The Labute approximate surface area is 166 Å². The minimum atomic E-state index is -0.457. The summed E-state index contributed by atoms with van der Waals surface area (Å²) in [6, 6.07) is 3.28. The summed E-state index contributed by atoms with van der Waals surface area (Å²) in [4.78, 5) is 25.1. The molecular formula is C20H23IO5. The fourth-order valence-electron chi connectivity index (χ4n) is 3.24. The number of carbonyl (C=O) groups excluding carboxylic acids is 1. The molecule has 0 aliphatic carbocycles. The molecule has 1 unspecified atom stereocenters. The van der Waals surface area contributed by atoms with Crippen molar-refractivity contribution >= 4 is 39.3 Å². The highest BCUT2D eigenvalue weighted by Gasteiger charge is 2.35. The summed E-state index contributed by atoms with van der Waals surface area (Å²) in [6.45, 7) is 7.73. The summed E-state index contributed by atoms with van der Waals surface area (Å²) in [6.07, 6.45) is 1.31. The second kappa shape index (κ2) is 7.58. The Balaban J connectivity index is 2.36. The van der Waals surface area contributed by atoms with Crippen LogP contribution in [0, 0.1) is 5.92 Å². The number of halogens is 1. The van der Waals surface area contributed by atoms with E-state index in [1.165, 1.54) is 6.07 Å². The first-order chi connectivity index (χ1) is 12.4. The number of fused-ring (bicyclic) bond motifs is 3. The van der Waals surface area contributed by atoms with Gasteiger partial charge in [-0.1, -0.05) is 42.9 Å². The highest BCUT2D eigenvalue weighted by atomic mass is 127. The highest BCUT2D eigenvalue weighted by Crippen LogP contribution is 2.42. The molecule has 140 valence electrons. The second-order valence-corrected chi connectivity index (χ2v) is 7.73. The van der Waals surface area contributed by atoms with Gasteiger partial charge in [0.05, 0.1) is 11.3 Å². The Morgan fingerprint density at radius 1 is 1.27 bits per heavy atom. The fraction of sp³-hybridized carbons (Fsp3) is 0.500. The van der Waals surface area contributed by atoms with Crippen molar-refractivity contribution in [3.8, 4) is 11.5 Å². The zero-order valence-corrected chi connectivity index (χ0v) is 17.6. The van der Waals surface area contributed by atoms with Gasteiger partial charge in [0.15, 0.2) is 11.4 Å². The van der Waals surface area contributed by atoms with Gasteiger partial charge in [-0.3, -0.25) is 4.79 Å². The third-order valence-corrected chi connectivity index (χ3v) is 6.01. The van der Waals surface area contributed by atoms with Gasteiger partial charge in [0.25, 0.3) is 0 Å². The van der Waals surface area contributed by atoms with E-state index < -0.39 is 5.63 Å². The molecule has 1 aromatic carbocycles. The lowest BCUT2D eigenvalue weighted by atomic mass is 9.89. The molecule has 0 fully saturated rings. The molecule has 0 amide bonds. The van der Waals surface area contributed by atoms with Crippen molar-refractivity contribution in [1.82, 2.24) is 0 Å². The van der Waals surface area contributed by atoms with Gasteiger partial charge in [-0.05, 0) is 25.8 Å². The number of hydrogen-bond acceptors (Lipinski definition) is 5. The van der Waals surface area contributed by atoms with Crippen LogP contribution >= 0.6 is 22.6 Å². The van der Waals surface area contributed by atoms with Crippen LogP contribution in [-0.2, 0) is 6.42 Å². The normalized spacial score (nSPS) is 20.6. The first-order valence-corrected chi connectivity index (χ1v) is 10.5. The van der Waals surface area contributed by atoms with Crippen molar-refractivity contribution < 1.29 is 18.7 Å². The minimum Gasteiger partial charge on any atom is -0.489 e. The molecule has 1 aliphatic heterocycles. The van der Waals surface area contributed by atoms with Crippen molar-refractivity contribution in [1.29, 1.82) is 0 Å². The van der Waals surface area contributed by atoms with Gasteiger partial charge in [0.1, 0.15) is 29.3 Å². The minimum absolute atomic E-state index is 0.0195. The van der Waals surface area contributed by atoms with E-state index in [9.17, 15) is 9.59 Å². The number of ether oxygens (including phenoxy) is 2. The van der Waals surface area contributed by atoms with E-state index in [2.05, 4.69) is 22.6 Å². The average Bonchev–Trinajstić information content (AvgIpc) is 2.59. The quantitative estimate of drug-likeness (QED) is 0.365. The van der Waals surface area contributed by atoms with Gasteiger partial charge >= 0.3 is 5.63 Å². The van der Waals surface area contributed by atoms with Crippen molar-refractivity contribution in [3.05, 3.63) is 33.7 Å². The lowest BCUT2D eigenvalue weighted by Crippen LogP contribution is -2.34. The number of hydrogen-bond donors (Lipinski definition) is 0. The summed E-state index contributed by atoms with van der Waals surface area (Å²) >= 11 is 2.26. The Bertz CT molecular complexity index is 901. The molecule has 0 N–H and O–H groups in total. The van der Waals surface area contributed by atoms with Gasteiger partial charge in [-0.25, -0.2) is 4.79 Å². The molecule has 0 bridgehead atoms. The van der Waals surface area contributed by atoms with Crippen LogP contribution in [0.1, 0.15) is 50.0 Å². The Kier molecular flexibility index (Phi) is 5.60. The molecular weight excluding hydrogens is 447 g/mol. The zero-order valence-electron chi connectivity index (χ0n) is 15.4. The second-order valence-electron chi connectivity index (χ2n) is 6.85. The molecule has 0 radical (unpaired) electrons. The molecule has 26 heavy (non-hydrogen) atoms. The molecule has 2 heterocycles. The molecule has 6 heteroatoms. The van der Waals surface area contributed by atoms with E-state index in [0.29, 0.717) is 28.9 Å². The van der Waals surface area contributed by atoms with Crippen LogP contribution in [-0.4, -0.2) is 22.4 Å². The predicted molar refractivity (Wildman–Crippen MR) is 109 cm³/mol. The van der Waals surface area contributed by atoms with Crippen LogP contribution in [0.25, 0.3) is 11.0 Å². The van der Waals surface area contributed by atoms with Crippen molar-refractivity contribution in [2.75, 3.05) is 4.43 Å². The third kappa shape index (κ3) is 3.35. The molecule has 1 aromatic heterocycles. The molecule has 1 aliphatic rings. The lowest BCUT2D eigenvalue weighted by Gasteiger charge is -2.29. The van der Waals surface area contributed by atoms with Crippen LogP contribution < -0.4 is 15.1 Å². The number of Topliss-reactive ketones (excluding diaryl/α,β-unsaturated/α-hetero) is 1. The van der Waals surface area contributed by atoms with Crippen molar-refractivity contribution in [2.24, 2.45) is 5.92 Å². The maximum atomic E-state index is 12.9. The van der Waals surface area contributed by atoms with Crippen molar-refractivity contribution in [3.63, 3.8) is 0 Å². The topological polar surface area (TPSA) is 65.7 Å². The lowest BCUT2D eigenvalue weighted by molar-refractivity contribution is 0.0730. The molecule has 0 spiro atoms. The fourth-order valence-corrected chi connectivity index (χ4v) is 3.42. The number of carbonyl (C=O) groups is 1. The smallest absolute Gasteiger partial charge is 0.336 e. The third-order valence-electron chi connectivity index (χ3n) is 4.77. The number of alkyl halides is 1. The molecule has 0 saturated heterocycles. The highest BCUT2D eigenvalue weighted by molar-refractivity contribution is 14.1. The van der Waals surface area contributed by atoms with Crippen molar-refractivity contribution in [2.45, 2.75) is 52.7 Å². The standard InChI is InChI=1S/C20H23IO5/c1-5-6-13-7-16(22)26-20-17(13)14(24-10(2)9-21)8-15-18(20)19(23)11(3)12(4)25-15/h7-8,10-12H,5-6,9H2,1-4H3/t10?,11-,12-/m1/s1. The van der Waals surface area contributed by atoms with Crippen LogP contribution in [0.15, 0.2) is 21.3 Å². The van der Waals surface area contributed by atoms with Gasteiger partial charge in [0.2, 0.25) is 0 Å². The summed E-state index contributed by atoms with van der Waals surface area (Å²) in [5, 5.41) is 0.709. The largest absolute Gasteiger partial charge is 0.489 e. The van der Waals surface area contributed by atoms with E-state index >= 15 is 0 Å². The summed E-state index contributed by atoms with van der Waals surface area (Å²) in [5.74, 6) is 0.671. The molecule has 0 saturated carbocycles. The van der Waals surface area contributed by atoms with Crippen LogP contribution in [0.2, 0.25) is 0 Å². The maximum absolute atomic E-state index is 12.9. The van der Waals surface area contributed by atoms with Gasteiger partial charge in [-0.15, -0.1) is 0 Å². The number of ketones is 1. The molecule has 3 atom stereocenters. The van der Waals surface area contributed by atoms with E-state index in [1.54, 1.807) is 6.07 Å². The number of rotatable bonds is 5. The SMILES string of the molecule is CCCc1cc(=O)oc2c3c(cc(OC(C)CI)c12)O[C@H](C)[C@@H](C)C3=O. The molecule has 5 nitrogen and oxygen atoms in total. The summed E-state index contributed by atoms with van der Waals surface area (Å²) in [7, 11) is 0. The Morgan fingerprint density at radius 2 is 2.00 bits per heavy atom. The average molecular weight is 470 g/mol. The van der Waals surface area contributed by atoms with Crippen LogP contribution in [0.4, 0.5) is 0 Å². The number of aryl methyl sites for hydroxylation is 1. The Morgan fingerprint density at radius 3 is 2.65 bits per heavy atom. The molecule has 3 rings (SSSR count). The number of benzene rings is 1. The van der Waals surface area contributed by atoms with Crippen LogP contribution in [0.3, 0.4) is 0 Å². The monoisotopic (exact) mass is 470 g/mol. The van der Waals surface area contributed by atoms with Gasteiger partial charge in [-0.2, -0.15) is 0 Å². The van der Waals surface area contributed by atoms with Gasteiger partial charge in [0, 0.05) is 16.6 Å². The van der Waals surface area contributed by atoms with E-state index in [-0.39, 0.29) is 29.5 Å². The van der Waals surface area contributed by atoms with Gasteiger partial charge < -0.3 is 13.9 Å².